The predicted octanol–water partition coefficient (Wildman–Crippen LogP) is 1.61. The van der Waals surface area contributed by atoms with Crippen molar-refractivity contribution in [2.24, 2.45) is 5.73 Å². The van der Waals surface area contributed by atoms with Gasteiger partial charge in [0.15, 0.2) is 0 Å². The van der Waals surface area contributed by atoms with E-state index in [2.05, 4.69) is 30.8 Å². The number of nitrogens with two attached hydrogens (primary N) is 1. The highest BCUT2D eigenvalue weighted by Gasteiger charge is 2.06. The topological polar surface area (TPSA) is 64.2 Å². The number of anilines is 1. The molecular formula is C14H26N4O. The van der Waals surface area contributed by atoms with E-state index in [9.17, 15) is 4.79 Å². The van der Waals surface area contributed by atoms with Crippen molar-refractivity contribution in [3.05, 3.63) is 22.6 Å². The van der Waals surface area contributed by atoms with E-state index in [1.54, 1.807) is 12.3 Å². The van der Waals surface area contributed by atoms with Gasteiger partial charge in [0.1, 0.15) is 0 Å². The molecule has 0 aromatic carbocycles. The zero-order chi connectivity index (χ0) is 14.3. The zero-order valence-electron chi connectivity index (χ0n) is 12.3. The second kappa shape index (κ2) is 7.94. The third-order valence-electron chi connectivity index (χ3n) is 3.45. The predicted molar refractivity (Wildman–Crippen MR) is 79.6 cm³/mol. The Morgan fingerprint density at radius 3 is 2.58 bits per heavy atom. The highest BCUT2D eigenvalue weighted by molar-refractivity contribution is 5.42. The van der Waals surface area contributed by atoms with Gasteiger partial charge in [0, 0.05) is 31.7 Å². The summed E-state index contributed by atoms with van der Waals surface area (Å²) in [7, 11) is 0. The summed E-state index contributed by atoms with van der Waals surface area (Å²) in [6.07, 6.45) is 4.58. The van der Waals surface area contributed by atoms with Gasteiger partial charge in [-0.3, -0.25) is 4.79 Å². The van der Waals surface area contributed by atoms with Crippen molar-refractivity contribution in [2.75, 3.05) is 18.0 Å². The molecule has 5 heteroatoms. The maximum atomic E-state index is 12.0. The largest absolute Gasteiger partial charge is 0.371 e. The fourth-order valence-electron chi connectivity index (χ4n) is 2.06. The van der Waals surface area contributed by atoms with Crippen LogP contribution >= 0.6 is 0 Å². The average Bonchev–Trinajstić information content (AvgIpc) is 2.42. The van der Waals surface area contributed by atoms with E-state index in [-0.39, 0.29) is 11.6 Å². The molecule has 0 aliphatic carbocycles. The van der Waals surface area contributed by atoms with Crippen molar-refractivity contribution in [1.29, 1.82) is 0 Å². The molecule has 0 aliphatic heterocycles. The first kappa shape index (κ1) is 15.7. The molecule has 0 saturated heterocycles. The summed E-state index contributed by atoms with van der Waals surface area (Å²) in [6.45, 7) is 8.63. The summed E-state index contributed by atoms with van der Waals surface area (Å²) >= 11 is 0. The normalized spacial score (nSPS) is 12.4. The van der Waals surface area contributed by atoms with Crippen LogP contribution in [0.25, 0.3) is 0 Å². The Labute approximate surface area is 115 Å². The molecule has 1 unspecified atom stereocenters. The Bertz CT molecular complexity index is 426. The van der Waals surface area contributed by atoms with Crippen LogP contribution in [0, 0.1) is 0 Å². The standard InChI is InChI=1S/C14H26N4O/c1-4-12(15)8-7-9-18-14(19)10-13(11-16-18)17(5-2)6-3/h10-12H,4-9,15H2,1-3H3. The van der Waals surface area contributed by atoms with E-state index in [4.69, 9.17) is 5.73 Å². The van der Waals surface area contributed by atoms with Gasteiger partial charge >= 0.3 is 0 Å². The van der Waals surface area contributed by atoms with Gasteiger partial charge in [0.2, 0.25) is 0 Å². The van der Waals surface area contributed by atoms with Gasteiger partial charge in [-0.05, 0) is 33.1 Å². The molecule has 0 saturated carbocycles. The van der Waals surface area contributed by atoms with Gasteiger partial charge in [-0.1, -0.05) is 6.92 Å². The summed E-state index contributed by atoms with van der Waals surface area (Å²) in [4.78, 5) is 14.1. The SMILES string of the molecule is CCC(N)CCCn1ncc(N(CC)CC)cc1=O. The Morgan fingerprint density at radius 1 is 1.37 bits per heavy atom. The Morgan fingerprint density at radius 2 is 2.05 bits per heavy atom. The summed E-state index contributed by atoms with van der Waals surface area (Å²) in [6, 6.07) is 1.89. The van der Waals surface area contributed by atoms with Crippen molar-refractivity contribution < 1.29 is 0 Å². The third-order valence-corrected chi connectivity index (χ3v) is 3.45. The van der Waals surface area contributed by atoms with E-state index in [1.165, 1.54) is 4.68 Å². The molecule has 1 aromatic heterocycles. The van der Waals surface area contributed by atoms with Gasteiger partial charge in [0.05, 0.1) is 11.9 Å². The molecule has 108 valence electrons. The Balaban J connectivity index is 2.65. The maximum Gasteiger partial charge on any atom is 0.268 e. The van der Waals surface area contributed by atoms with Crippen LogP contribution < -0.4 is 16.2 Å². The highest BCUT2D eigenvalue weighted by atomic mass is 16.1. The van der Waals surface area contributed by atoms with Crippen LogP contribution in [0.5, 0.6) is 0 Å². The van der Waals surface area contributed by atoms with Gasteiger partial charge in [-0.25, -0.2) is 4.68 Å². The van der Waals surface area contributed by atoms with E-state index in [0.29, 0.717) is 6.54 Å². The minimum atomic E-state index is -0.0329. The number of nitrogens with zero attached hydrogens (tertiary/aromatic N) is 3. The first-order chi connectivity index (χ1) is 9.12. The van der Waals surface area contributed by atoms with E-state index in [0.717, 1.165) is 38.0 Å². The third kappa shape index (κ3) is 4.67. The van der Waals surface area contributed by atoms with Crippen LogP contribution in [-0.4, -0.2) is 28.9 Å². The Hall–Kier alpha value is -1.36. The number of rotatable bonds is 8. The van der Waals surface area contributed by atoms with Crippen LogP contribution in [0.3, 0.4) is 0 Å². The lowest BCUT2D eigenvalue weighted by Crippen LogP contribution is -2.28. The van der Waals surface area contributed by atoms with Crippen molar-refractivity contribution >= 4 is 5.69 Å². The summed E-state index contributed by atoms with van der Waals surface area (Å²) in [5.41, 5.74) is 6.73. The molecule has 1 rings (SSSR count). The minimum absolute atomic E-state index is 0.0329. The van der Waals surface area contributed by atoms with E-state index in [1.807, 2.05) is 0 Å². The molecule has 0 aliphatic rings. The molecule has 19 heavy (non-hydrogen) atoms. The van der Waals surface area contributed by atoms with Gasteiger partial charge < -0.3 is 10.6 Å². The molecule has 1 atom stereocenters. The molecule has 0 radical (unpaired) electrons. The van der Waals surface area contributed by atoms with Crippen molar-refractivity contribution in [3.8, 4) is 0 Å². The molecule has 0 amide bonds. The molecule has 0 bridgehead atoms. The fraction of sp³-hybridized carbons (Fsp3) is 0.714. The van der Waals surface area contributed by atoms with Gasteiger partial charge in [0.25, 0.3) is 5.56 Å². The van der Waals surface area contributed by atoms with Crippen LogP contribution in [0.2, 0.25) is 0 Å². The summed E-state index contributed by atoms with van der Waals surface area (Å²) < 4.78 is 1.52. The maximum absolute atomic E-state index is 12.0. The van der Waals surface area contributed by atoms with Crippen molar-refractivity contribution in [3.63, 3.8) is 0 Å². The van der Waals surface area contributed by atoms with Crippen LogP contribution in [0.4, 0.5) is 5.69 Å². The van der Waals surface area contributed by atoms with Crippen LogP contribution in [-0.2, 0) is 6.54 Å². The molecule has 0 spiro atoms. The first-order valence-electron chi connectivity index (χ1n) is 7.20. The monoisotopic (exact) mass is 266 g/mol. The Kier molecular flexibility index (Phi) is 6.56. The summed E-state index contributed by atoms with van der Waals surface area (Å²) in [5, 5.41) is 4.24. The number of hydrogen-bond donors (Lipinski definition) is 1. The van der Waals surface area contributed by atoms with E-state index >= 15 is 0 Å². The summed E-state index contributed by atoms with van der Waals surface area (Å²) in [5.74, 6) is 0. The lowest BCUT2D eigenvalue weighted by molar-refractivity contribution is 0.487. The smallest absolute Gasteiger partial charge is 0.268 e. The molecule has 1 aromatic rings. The van der Waals surface area contributed by atoms with Crippen molar-refractivity contribution in [1.82, 2.24) is 9.78 Å². The van der Waals surface area contributed by atoms with Gasteiger partial charge in [-0.2, -0.15) is 5.10 Å². The van der Waals surface area contributed by atoms with Crippen LogP contribution in [0.15, 0.2) is 17.1 Å². The average molecular weight is 266 g/mol. The lowest BCUT2D eigenvalue weighted by Gasteiger charge is -2.20. The van der Waals surface area contributed by atoms with Crippen LogP contribution in [0.1, 0.15) is 40.0 Å². The molecule has 0 fully saturated rings. The first-order valence-corrected chi connectivity index (χ1v) is 7.20. The minimum Gasteiger partial charge on any atom is -0.371 e. The molecule has 1 heterocycles. The highest BCUT2D eigenvalue weighted by Crippen LogP contribution is 2.08. The number of aryl methyl sites for hydroxylation is 1. The molecular weight excluding hydrogens is 240 g/mol. The van der Waals surface area contributed by atoms with Gasteiger partial charge in [-0.15, -0.1) is 0 Å². The quantitative estimate of drug-likeness (QED) is 0.776. The second-order valence-corrected chi connectivity index (χ2v) is 4.76. The lowest BCUT2D eigenvalue weighted by atomic mass is 10.1. The fourth-order valence-corrected chi connectivity index (χ4v) is 2.06. The molecule has 2 N–H and O–H groups in total. The number of hydrogen-bond acceptors (Lipinski definition) is 4. The number of aromatic nitrogens is 2. The van der Waals surface area contributed by atoms with E-state index < -0.39 is 0 Å². The molecule has 5 nitrogen and oxygen atoms in total. The second-order valence-electron chi connectivity index (χ2n) is 4.76. The van der Waals surface area contributed by atoms with Crippen molar-refractivity contribution in [2.45, 2.75) is 52.6 Å². The zero-order valence-corrected chi connectivity index (χ0v) is 12.3.